The highest BCUT2D eigenvalue weighted by molar-refractivity contribution is 7.13. The maximum Gasteiger partial charge on any atom is 0.322 e. The van der Waals surface area contributed by atoms with Gasteiger partial charge in [0.25, 0.3) is 0 Å². The molecule has 4 rings (SSSR count). The van der Waals surface area contributed by atoms with Crippen molar-refractivity contribution in [2.45, 2.75) is 51.7 Å². The summed E-state index contributed by atoms with van der Waals surface area (Å²) in [6.45, 7) is 8.99. The molecule has 0 fully saturated rings. The number of nitrogens with zero attached hydrogens (tertiary/aromatic N) is 3. The van der Waals surface area contributed by atoms with Crippen molar-refractivity contribution in [3.63, 3.8) is 0 Å². The number of hydrogen-bond donors (Lipinski definition) is 1. The van der Waals surface area contributed by atoms with Crippen molar-refractivity contribution >= 4 is 29.3 Å². The van der Waals surface area contributed by atoms with Crippen LogP contribution in [0.15, 0.2) is 65.1 Å². The van der Waals surface area contributed by atoms with Crippen molar-refractivity contribution in [3.8, 4) is 10.6 Å². The molecule has 2 amide bonds. The molecule has 0 saturated carbocycles. The largest absolute Gasteiger partial charge is 0.322 e. The summed E-state index contributed by atoms with van der Waals surface area (Å²) < 4.78 is 0. The van der Waals surface area contributed by atoms with E-state index in [4.69, 9.17) is 0 Å². The second-order valence-corrected chi connectivity index (χ2v) is 9.63. The van der Waals surface area contributed by atoms with Crippen LogP contribution in [0.1, 0.15) is 38.8 Å². The zero-order valence-electron chi connectivity index (χ0n) is 18.4. The number of carbonyl (C=O) groups excluding carboxylic acids is 1. The van der Waals surface area contributed by atoms with E-state index >= 15 is 0 Å². The monoisotopic (exact) mass is 432 g/mol. The van der Waals surface area contributed by atoms with E-state index in [-0.39, 0.29) is 23.5 Å². The van der Waals surface area contributed by atoms with Crippen molar-refractivity contribution in [2.75, 3.05) is 5.32 Å². The first-order chi connectivity index (χ1) is 14.8. The van der Waals surface area contributed by atoms with Crippen LogP contribution in [0.2, 0.25) is 0 Å². The first-order valence-corrected chi connectivity index (χ1v) is 11.4. The number of rotatable bonds is 7. The van der Waals surface area contributed by atoms with Gasteiger partial charge in [0.05, 0.1) is 6.04 Å². The van der Waals surface area contributed by atoms with Crippen molar-refractivity contribution in [1.82, 2.24) is 9.88 Å². The van der Waals surface area contributed by atoms with E-state index in [1.54, 1.807) is 11.3 Å². The molecule has 3 aromatic rings. The van der Waals surface area contributed by atoms with E-state index in [9.17, 15) is 4.79 Å². The Labute approximate surface area is 187 Å². The van der Waals surface area contributed by atoms with Crippen LogP contribution >= 0.6 is 11.3 Å². The van der Waals surface area contributed by atoms with Crippen LogP contribution in [0.25, 0.3) is 10.6 Å². The van der Waals surface area contributed by atoms with E-state index < -0.39 is 0 Å². The van der Waals surface area contributed by atoms with Gasteiger partial charge in [0.1, 0.15) is 5.01 Å². The third-order valence-electron chi connectivity index (χ3n) is 5.76. The van der Waals surface area contributed by atoms with Crippen LogP contribution in [0.5, 0.6) is 0 Å². The number of aromatic nitrogens is 1. The molecule has 160 valence electrons. The zero-order valence-corrected chi connectivity index (χ0v) is 19.2. The molecule has 0 radical (unpaired) electrons. The van der Waals surface area contributed by atoms with Crippen LogP contribution < -0.4 is 5.32 Å². The van der Waals surface area contributed by atoms with E-state index in [0.717, 1.165) is 21.8 Å². The van der Waals surface area contributed by atoms with Gasteiger partial charge >= 0.3 is 6.03 Å². The molecular formula is C25H28N4OS. The minimum atomic E-state index is -0.104. The molecule has 0 saturated heterocycles. The van der Waals surface area contributed by atoms with Gasteiger partial charge in [0.15, 0.2) is 0 Å². The summed E-state index contributed by atoms with van der Waals surface area (Å²) in [5, 5.41) is 6.01. The number of hydrogen-bond acceptors (Lipinski definition) is 4. The predicted molar refractivity (Wildman–Crippen MR) is 129 cm³/mol. The Kier molecular flexibility index (Phi) is 5.92. The van der Waals surface area contributed by atoms with E-state index in [1.807, 2.05) is 54.7 Å². The zero-order chi connectivity index (χ0) is 22.0. The first-order valence-electron chi connectivity index (χ1n) is 10.5. The van der Waals surface area contributed by atoms with Gasteiger partial charge in [-0.3, -0.25) is 4.99 Å². The molecule has 1 unspecified atom stereocenters. The first kappa shape index (κ1) is 21.2. The minimum Gasteiger partial charge on any atom is -0.318 e. The Hall–Kier alpha value is -2.99. The van der Waals surface area contributed by atoms with Gasteiger partial charge in [-0.2, -0.15) is 0 Å². The maximum absolute atomic E-state index is 13.1. The third-order valence-corrected chi connectivity index (χ3v) is 6.58. The topological polar surface area (TPSA) is 57.6 Å². The van der Waals surface area contributed by atoms with Crippen LogP contribution in [0.4, 0.5) is 10.5 Å². The van der Waals surface area contributed by atoms with Crippen LogP contribution in [-0.4, -0.2) is 34.2 Å². The standard InChI is InChI=1S/C25H28N4OS/c1-17(2)29(16-18-6-5-7-19(14-18)23-26-12-13-31-23)24(30)28-21-10-8-20(9-11-21)25(3,4)22-15-27-22/h5-15,17,22H,16H2,1-4H3,(H,28,30). The summed E-state index contributed by atoms with van der Waals surface area (Å²) in [6.07, 6.45) is 3.80. The van der Waals surface area contributed by atoms with Gasteiger partial charge in [0.2, 0.25) is 0 Å². The van der Waals surface area contributed by atoms with Gasteiger partial charge in [-0.1, -0.05) is 44.2 Å². The molecule has 2 aromatic carbocycles. The molecular weight excluding hydrogens is 404 g/mol. The number of thiazole rings is 1. The fourth-order valence-corrected chi connectivity index (χ4v) is 4.25. The van der Waals surface area contributed by atoms with Gasteiger partial charge in [-0.05, 0) is 43.2 Å². The Balaban J connectivity index is 1.45. The lowest BCUT2D eigenvalue weighted by Gasteiger charge is -2.28. The normalized spacial score (nSPS) is 15.2. The highest BCUT2D eigenvalue weighted by atomic mass is 32.1. The number of anilines is 1. The molecule has 1 N–H and O–H groups in total. The molecule has 0 bridgehead atoms. The highest BCUT2D eigenvalue weighted by Gasteiger charge is 2.35. The van der Waals surface area contributed by atoms with Crippen molar-refractivity contribution < 1.29 is 4.79 Å². The van der Waals surface area contributed by atoms with Gasteiger partial charge in [-0.25, -0.2) is 9.78 Å². The SMILES string of the molecule is CC(C)N(Cc1cccc(-c2nccs2)c1)C(=O)Nc1ccc(C(C)(C)C2C=N2)cc1. The average molecular weight is 433 g/mol. The van der Waals surface area contributed by atoms with Gasteiger partial charge < -0.3 is 10.2 Å². The van der Waals surface area contributed by atoms with E-state index in [1.165, 1.54) is 5.56 Å². The summed E-state index contributed by atoms with van der Waals surface area (Å²) in [5.41, 5.74) is 4.15. The van der Waals surface area contributed by atoms with E-state index in [0.29, 0.717) is 6.54 Å². The summed E-state index contributed by atoms with van der Waals surface area (Å²) in [4.78, 5) is 23.6. The van der Waals surface area contributed by atoms with Crippen molar-refractivity contribution in [3.05, 3.63) is 71.2 Å². The minimum absolute atomic E-state index is 0.0189. The summed E-state index contributed by atoms with van der Waals surface area (Å²) in [5.74, 6) is 0. The number of nitrogens with one attached hydrogen (secondary N) is 1. The molecule has 1 aliphatic rings. The van der Waals surface area contributed by atoms with Crippen molar-refractivity contribution in [1.29, 1.82) is 0 Å². The molecule has 1 aromatic heterocycles. The second-order valence-electron chi connectivity index (χ2n) is 8.73. The Bertz CT molecular complexity index is 1070. The summed E-state index contributed by atoms with van der Waals surface area (Å²) >= 11 is 1.61. The fraction of sp³-hybridized carbons (Fsp3) is 0.320. The Morgan fingerprint density at radius 1 is 1.19 bits per heavy atom. The van der Waals surface area contributed by atoms with Crippen LogP contribution in [-0.2, 0) is 12.0 Å². The maximum atomic E-state index is 13.1. The molecule has 1 aliphatic heterocycles. The lowest BCUT2D eigenvalue weighted by molar-refractivity contribution is 0.193. The molecule has 31 heavy (non-hydrogen) atoms. The number of aliphatic imine (C=N–C) groups is 1. The van der Waals surface area contributed by atoms with Crippen LogP contribution in [0.3, 0.4) is 0 Å². The van der Waals surface area contributed by atoms with Gasteiger partial charge in [-0.15, -0.1) is 11.3 Å². The highest BCUT2D eigenvalue weighted by Crippen LogP contribution is 2.33. The number of carbonyl (C=O) groups is 1. The molecule has 5 nitrogen and oxygen atoms in total. The van der Waals surface area contributed by atoms with E-state index in [2.05, 4.69) is 59.5 Å². The molecule has 0 aliphatic carbocycles. The van der Waals surface area contributed by atoms with Crippen molar-refractivity contribution in [2.24, 2.45) is 4.99 Å². The number of benzene rings is 2. The lowest BCUT2D eigenvalue weighted by Crippen LogP contribution is -2.39. The number of amides is 2. The molecule has 6 heteroatoms. The molecule has 1 atom stereocenters. The summed E-state index contributed by atoms with van der Waals surface area (Å²) in [6, 6.07) is 16.6. The van der Waals surface area contributed by atoms with Crippen LogP contribution in [0, 0.1) is 0 Å². The summed E-state index contributed by atoms with van der Waals surface area (Å²) in [7, 11) is 0. The molecule has 2 heterocycles. The average Bonchev–Trinajstić information content (AvgIpc) is 3.48. The quantitative estimate of drug-likeness (QED) is 0.499. The third kappa shape index (κ3) is 4.85. The Morgan fingerprint density at radius 3 is 2.55 bits per heavy atom. The predicted octanol–water partition coefficient (Wildman–Crippen LogP) is 5.98. The second kappa shape index (κ2) is 8.63. The fourth-order valence-electron chi connectivity index (χ4n) is 3.62. The number of urea groups is 1. The lowest BCUT2D eigenvalue weighted by atomic mass is 9.81. The smallest absolute Gasteiger partial charge is 0.318 e. The Morgan fingerprint density at radius 2 is 1.94 bits per heavy atom. The molecule has 0 spiro atoms. The van der Waals surface area contributed by atoms with Gasteiger partial charge in [0, 0.05) is 47.0 Å².